The number of methoxy groups -OCH3 is 1. The van der Waals surface area contributed by atoms with Crippen molar-refractivity contribution in [3.63, 3.8) is 0 Å². The van der Waals surface area contributed by atoms with Crippen molar-refractivity contribution in [1.82, 2.24) is 9.55 Å². The van der Waals surface area contributed by atoms with Gasteiger partial charge in [0.15, 0.2) is 0 Å². The van der Waals surface area contributed by atoms with Crippen molar-refractivity contribution < 1.29 is 23.0 Å². The summed E-state index contributed by atoms with van der Waals surface area (Å²) in [4.78, 5) is 15.7. The van der Waals surface area contributed by atoms with Gasteiger partial charge in [-0.1, -0.05) is 0 Å². The molecular formula is C13H15N2O5S-. The van der Waals surface area contributed by atoms with Gasteiger partial charge in [0.2, 0.25) is 0 Å². The number of aromatic nitrogens is 2. The fourth-order valence-corrected chi connectivity index (χ4v) is 2.30. The van der Waals surface area contributed by atoms with E-state index in [9.17, 15) is 13.6 Å². The van der Waals surface area contributed by atoms with Crippen LogP contribution in [0.1, 0.15) is 17.3 Å². The Balaban J connectivity index is 2.15. The maximum Gasteiger partial charge on any atom is 0.337 e. The summed E-state index contributed by atoms with van der Waals surface area (Å²) in [6.45, 7) is 2.24. The first kappa shape index (κ1) is 15.6. The lowest BCUT2D eigenvalue weighted by atomic mass is 10.2. The zero-order chi connectivity index (χ0) is 15.4. The van der Waals surface area contributed by atoms with Crippen LogP contribution in [0.5, 0.6) is 0 Å². The maximum atomic E-state index is 11.5. The predicted molar refractivity (Wildman–Crippen MR) is 75.4 cm³/mol. The third-order valence-corrected chi connectivity index (χ3v) is 3.27. The summed E-state index contributed by atoms with van der Waals surface area (Å²) < 4.78 is 32.6. The summed E-state index contributed by atoms with van der Waals surface area (Å²) in [5, 5.41) is 0. The number of ether oxygens (including phenoxy) is 2. The fourth-order valence-electron chi connectivity index (χ4n) is 1.96. The number of carbonyl (C=O) groups is 1. The molecule has 1 aromatic heterocycles. The van der Waals surface area contributed by atoms with E-state index in [-0.39, 0.29) is 12.0 Å². The first-order valence-electron chi connectivity index (χ1n) is 6.22. The van der Waals surface area contributed by atoms with Crippen molar-refractivity contribution >= 4 is 28.1 Å². The molecule has 2 rings (SSSR count). The molecule has 0 aliphatic heterocycles. The van der Waals surface area contributed by atoms with Gasteiger partial charge < -0.3 is 18.6 Å². The van der Waals surface area contributed by atoms with Gasteiger partial charge in [0.05, 0.1) is 42.7 Å². The molecule has 0 N–H and O–H groups in total. The summed E-state index contributed by atoms with van der Waals surface area (Å²) in [7, 11) is 1.32. The number of nitrogens with zero attached hydrogens (tertiary/aromatic N) is 2. The van der Waals surface area contributed by atoms with Crippen molar-refractivity contribution in [3.05, 3.63) is 30.1 Å². The van der Waals surface area contributed by atoms with Gasteiger partial charge in [-0.25, -0.2) is 9.78 Å². The molecule has 1 heterocycles. The molecule has 2 unspecified atom stereocenters. The van der Waals surface area contributed by atoms with Crippen molar-refractivity contribution in [2.24, 2.45) is 0 Å². The Hall–Kier alpha value is -1.77. The number of rotatable bonds is 6. The molecule has 0 fully saturated rings. The van der Waals surface area contributed by atoms with Crippen molar-refractivity contribution in [1.29, 1.82) is 0 Å². The topological polar surface area (TPSA) is 93.5 Å². The average molecular weight is 311 g/mol. The van der Waals surface area contributed by atoms with Crippen LogP contribution in [0.25, 0.3) is 11.0 Å². The molecule has 114 valence electrons. The molecule has 0 saturated carbocycles. The van der Waals surface area contributed by atoms with Crippen molar-refractivity contribution in [3.8, 4) is 0 Å². The monoisotopic (exact) mass is 311 g/mol. The molecular weight excluding hydrogens is 296 g/mol. The molecule has 0 aliphatic carbocycles. The molecule has 2 atom stereocenters. The molecule has 0 aliphatic rings. The summed E-state index contributed by atoms with van der Waals surface area (Å²) >= 11 is -2.22. The Labute approximate surface area is 124 Å². The maximum absolute atomic E-state index is 11.5. The zero-order valence-corrected chi connectivity index (χ0v) is 12.5. The second-order valence-corrected chi connectivity index (χ2v) is 5.33. The molecule has 2 aromatic rings. The Morgan fingerprint density at radius 2 is 2.29 bits per heavy atom. The van der Waals surface area contributed by atoms with E-state index in [0.29, 0.717) is 17.6 Å². The fraction of sp³-hybridized carbons (Fsp3) is 0.385. The van der Waals surface area contributed by atoms with Gasteiger partial charge in [-0.05, 0) is 36.2 Å². The van der Waals surface area contributed by atoms with Crippen LogP contribution in [-0.2, 0) is 27.1 Å². The molecule has 0 spiro atoms. The van der Waals surface area contributed by atoms with Gasteiger partial charge in [0.25, 0.3) is 0 Å². The Bertz CT molecular complexity index is 670. The highest BCUT2D eigenvalue weighted by Crippen LogP contribution is 2.16. The van der Waals surface area contributed by atoms with E-state index in [1.807, 2.05) is 4.57 Å². The van der Waals surface area contributed by atoms with Crippen LogP contribution in [-0.4, -0.2) is 43.4 Å². The molecule has 8 heteroatoms. The first-order chi connectivity index (χ1) is 10.0. The lowest BCUT2D eigenvalue weighted by molar-refractivity contribution is 0.0601. The predicted octanol–water partition coefficient (Wildman–Crippen LogP) is 1.06. The minimum atomic E-state index is -2.22. The van der Waals surface area contributed by atoms with Crippen LogP contribution < -0.4 is 0 Å². The zero-order valence-electron chi connectivity index (χ0n) is 11.6. The van der Waals surface area contributed by atoms with Crippen LogP contribution in [0.15, 0.2) is 24.5 Å². The number of hydrogen-bond acceptors (Lipinski definition) is 6. The molecule has 0 radical (unpaired) electrons. The number of carbonyl (C=O) groups excluding carboxylic acids is 1. The molecule has 0 saturated heterocycles. The number of esters is 1. The number of fused-ring (bicyclic) bond motifs is 1. The van der Waals surface area contributed by atoms with E-state index in [2.05, 4.69) is 9.72 Å². The van der Waals surface area contributed by atoms with E-state index in [0.717, 1.165) is 5.52 Å². The molecule has 0 amide bonds. The van der Waals surface area contributed by atoms with Crippen LogP contribution in [0.4, 0.5) is 0 Å². The highest BCUT2D eigenvalue weighted by Gasteiger charge is 2.11. The van der Waals surface area contributed by atoms with Gasteiger partial charge in [-0.15, -0.1) is 0 Å². The summed E-state index contributed by atoms with van der Waals surface area (Å²) in [5.41, 5.74) is 1.93. The number of hydrogen-bond donors (Lipinski definition) is 0. The van der Waals surface area contributed by atoms with Crippen LogP contribution >= 0.6 is 0 Å². The average Bonchev–Trinajstić information content (AvgIpc) is 2.86. The summed E-state index contributed by atoms with van der Waals surface area (Å²) in [6.07, 6.45) is 1.35. The highest BCUT2D eigenvalue weighted by atomic mass is 32.2. The third kappa shape index (κ3) is 3.87. The standard InChI is InChI=1S/C13H16N2O5S/c1-9(20-8-21(17)18)6-15-7-14-11-5-10(13(16)19-2)3-4-12(11)15/h3-5,7,9H,6,8H2,1-2H3,(H,17,18)/p-1. The summed E-state index contributed by atoms with van der Waals surface area (Å²) in [6, 6.07) is 5.08. The molecule has 1 aromatic carbocycles. The minimum absolute atomic E-state index is 0.277. The van der Waals surface area contributed by atoms with Crippen molar-refractivity contribution in [2.45, 2.75) is 19.6 Å². The van der Waals surface area contributed by atoms with E-state index in [1.165, 1.54) is 7.11 Å². The van der Waals surface area contributed by atoms with Crippen LogP contribution in [0.3, 0.4) is 0 Å². The van der Waals surface area contributed by atoms with Gasteiger partial charge >= 0.3 is 5.97 Å². The number of imidazole rings is 1. The van der Waals surface area contributed by atoms with E-state index < -0.39 is 17.0 Å². The third-order valence-electron chi connectivity index (χ3n) is 2.94. The van der Waals surface area contributed by atoms with Crippen molar-refractivity contribution in [2.75, 3.05) is 13.0 Å². The van der Waals surface area contributed by atoms with Crippen LogP contribution in [0.2, 0.25) is 0 Å². The molecule has 7 nitrogen and oxygen atoms in total. The lowest BCUT2D eigenvalue weighted by Crippen LogP contribution is -2.18. The van der Waals surface area contributed by atoms with Gasteiger partial charge in [0.1, 0.15) is 5.94 Å². The second kappa shape index (κ2) is 6.79. The highest BCUT2D eigenvalue weighted by molar-refractivity contribution is 7.78. The molecule has 21 heavy (non-hydrogen) atoms. The van der Waals surface area contributed by atoms with E-state index in [4.69, 9.17) is 4.74 Å². The Morgan fingerprint density at radius 1 is 1.52 bits per heavy atom. The minimum Gasteiger partial charge on any atom is -0.771 e. The number of benzene rings is 1. The van der Waals surface area contributed by atoms with E-state index >= 15 is 0 Å². The first-order valence-corrected chi connectivity index (χ1v) is 7.46. The van der Waals surface area contributed by atoms with Crippen LogP contribution in [0, 0.1) is 0 Å². The largest absolute Gasteiger partial charge is 0.771 e. The Morgan fingerprint density at radius 3 is 2.95 bits per heavy atom. The van der Waals surface area contributed by atoms with Gasteiger partial charge in [-0.3, -0.25) is 4.21 Å². The molecule has 0 bridgehead atoms. The smallest absolute Gasteiger partial charge is 0.337 e. The van der Waals surface area contributed by atoms with Gasteiger partial charge in [-0.2, -0.15) is 0 Å². The lowest BCUT2D eigenvalue weighted by Gasteiger charge is -2.15. The second-order valence-electron chi connectivity index (χ2n) is 4.49. The van der Waals surface area contributed by atoms with E-state index in [1.54, 1.807) is 31.5 Å². The van der Waals surface area contributed by atoms with Gasteiger partial charge in [0, 0.05) is 0 Å². The normalized spacial score (nSPS) is 14.0. The Kier molecular flexibility index (Phi) is 5.05. The summed E-state index contributed by atoms with van der Waals surface area (Å²) in [5.74, 6) is -0.749. The SMILES string of the molecule is COC(=O)c1ccc2c(c1)ncn2CC(C)OCS(=O)[O-]. The quantitative estimate of drug-likeness (QED) is 0.585.